The Hall–Kier alpha value is -1.13. The van der Waals surface area contributed by atoms with Crippen LogP contribution >= 0.6 is 22.7 Å². The van der Waals surface area contributed by atoms with E-state index in [4.69, 9.17) is 4.74 Å². The highest BCUT2D eigenvalue weighted by Gasteiger charge is 2.50. The highest BCUT2D eigenvalue weighted by atomic mass is 32.1. The van der Waals surface area contributed by atoms with Crippen LogP contribution < -0.4 is 0 Å². The van der Waals surface area contributed by atoms with E-state index in [1.54, 1.807) is 0 Å². The molecule has 2 aromatic heterocycles. The van der Waals surface area contributed by atoms with Crippen molar-refractivity contribution in [3.63, 3.8) is 0 Å². The molecule has 0 saturated heterocycles. The predicted molar refractivity (Wildman–Crippen MR) is 129 cm³/mol. The first-order valence-corrected chi connectivity index (χ1v) is 13.7. The summed E-state index contributed by atoms with van der Waals surface area (Å²) in [6, 6.07) is 4.61. The third kappa shape index (κ3) is 4.14. The standard InChI is InChI=1S/C26H36O2S2/c1-3-28-24(27)26(15-11-9-7-5-4-6-8-10-12-16-26)19-25(2)20-13-17-29-22(20)23-21(25)14-18-30-23/h13-14,17-18H,3-12,15-16,19H2,1-2H3. The molecular formula is C26H36O2S2. The topological polar surface area (TPSA) is 26.3 Å². The van der Waals surface area contributed by atoms with E-state index in [0.717, 1.165) is 32.1 Å². The van der Waals surface area contributed by atoms with Gasteiger partial charge in [-0.1, -0.05) is 64.7 Å². The maximum atomic E-state index is 13.6. The zero-order valence-corrected chi connectivity index (χ0v) is 20.3. The lowest BCUT2D eigenvalue weighted by Crippen LogP contribution is -2.40. The average molecular weight is 445 g/mol. The lowest BCUT2D eigenvalue weighted by Gasteiger charge is -2.39. The van der Waals surface area contributed by atoms with Crippen LogP contribution in [0, 0.1) is 5.41 Å². The molecule has 0 unspecified atom stereocenters. The zero-order chi connectivity index (χ0) is 21.0. The largest absolute Gasteiger partial charge is 0.466 e. The zero-order valence-electron chi connectivity index (χ0n) is 18.6. The van der Waals surface area contributed by atoms with Crippen molar-refractivity contribution >= 4 is 28.6 Å². The lowest BCUT2D eigenvalue weighted by molar-refractivity contribution is -0.158. The van der Waals surface area contributed by atoms with Crippen molar-refractivity contribution in [3.8, 4) is 9.75 Å². The van der Waals surface area contributed by atoms with Gasteiger partial charge in [0.25, 0.3) is 0 Å². The SMILES string of the molecule is CCOC(=O)C1(CC2(C)c3ccsc3-c3sccc32)CCCCCCCCCCC1. The van der Waals surface area contributed by atoms with E-state index in [2.05, 4.69) is 29.8 Å². The van der Waals surface area contributed by atoms with Gasteiger partial charge in [-0.25, -0.2) is 0 Å². The number of carbonyl (C=O) groups excluding carboxylic acids is 1. The smallest absolute Gasteiger partial charge is 0.312 e. The van der Waals surface area contributed by atoms with Crippen LogP contribution in [0.2, 0.25) is 0 Å². The van der Waals surface area contributed by atoms with Crippen molar-refractivity contribution in [2.24, 2.45) is 5.41 Å². The molecule has 2 aliphatic rings. The van der Waals surface area contributed by atoms with Gasteiger partial charge < -0.3 is 4.74 Å². The Labute approximate surface area is 190 Å². The molecule has 0 aliphatic heterocycles. The third-order valence-electron chi connectivity index (χ3n) is 7.44. The molecule has 30 heavy (non-hydrogen) atoms. The summed E-state index contributed by atoms with van der Waals surface area (Å²) < 4.78 is 5.77. The van der Waals surface area contributed by atoms with Crippen molar-refractivity contribution in [3.05, 3.63) is 34.0 Å². The van der Waals surface area contributed by atoms with E-state index in [0.29, 0.717) is 6.61 Å². The molecule has 0 amide bonds. The molecule has 2 heterocycles. The van der Waals surface area contributed by atoms with Crippen LogP contribution in [0.3, 0.4) is 0 Å². The maximum absolute atomic E-state index is 13.6. The van der Waals surface area contributed by atoms with Gasteiger partial charge in [-0.15, -0.1) is 22.7 Å². The van der Waals surface area contributed by atoms with Crippen LogP contribution in [-0.4, -0.2) is 12.6 Å². The van der Waals surface area contributed by atoms with E-state index in [1.807, 2.05) is 29.6 Å². The number of fused-ring (bicyclic) bond motifs is 3. The van der Waals surface area contributed by atoms with Gasteiger partial charge in [0.15, 0.2) is 0 Å². The first-order chi connectivity index (χ1) is 14.6. The summed E-state index contributed by atoms with van der Waals surface area (Å²) in [5.74, 6) is 0.0590. The summed E-state index contributed by atoms with van der Waals surface area (Å²) in [4.78, 5) is 16.4. The van der Waals surface area contributed by atoms with Crippen LogP contribution in [-0.2, 0) is 14.9 Å². The Bertz CT molecular complexity index is 795. The van der Waals surface area contributed by atoms with E-state index in [-0.39, 0.29) is 16.8 Å². The number of thiophene rings is 2. The third-order valence-corrected chi connectivity index (χ3v) is 9.43. The Morgan fingerprint density at radius 3 is 1.80 bits per heavy atom. The van der Waals surface area contributed by atoms with Crippen molar-refractivity contribution in [2.75, 3.05) is 6.61 Å². The molecule has 0 spiro atoms. The van der Waals surface area contributed by atoms with Gasteiger partial charge in [0, 0.05) is 15.2 Å². The Morgan fingerprint density at radius 2 is 1.33 bits per heavy atom. The maximum Gasteiger partial charge on any atom is 0.312 e. The van der Waals surface area contributed by atoms with Gasteiger partial charge in [0.2, 0.25) is 0 Å². The first-order valence-electron chi connectivity index (χ1n) is 11.9. The fraction of sp³-hybridized carbons (Fsp3) is 0.654. The fourth-order valence-corrected chi connectivity index (χ4v) is 8.12. The summed E-state index contributed by atoms with van der Waals surface area (Å²) in [6.45, 7) is 4.81. The highest BCUT2D eigenvalue weighted by Crippen LogP contribution is 2.58. The van der Waals surface area contributed by atoms with Crippen molar-refractivity contribution in [1.82, 2.24) is 0 Å². The Morgan fingerprint density at radius 1 is 0.867 bits per heavy atom. The minimum Gasteiger partial charge on any atom is -0.466 e. The highest BCUT2D eigenvalue weighted by molar-refractivity contribution is 7.21. The van der Waals surface area contributed by atoms with Gasteiger partial charge >= 0.3 is 5.97 Å². The van der Waals surface area contributed by atoms with Gasteiger partial charge in [0.1, 0.15) is 0 Å². The first kappa shape index (κ1) is 22.1. The van der Waals surface area contributed by atoms with E-state index in [9.17, 15) is 4.79 Å². The number of ether oxygens (including phenoxy) is 1. The molecule has 0 radical (unpaired) electrons. The average Bonchev–Trinajstić information content (AvgIpc) is 3.42. The lowest BCUT2D eigenvalue weighted by atomic mass is 9.64. The van der Waals surface area contributed by atoms with E-state index >= 15 is 0 Å². The molecule has 4 rings (SSSR count). The van der Waals surface area contributed by atoms with Crippen molar-refractivity contribution in [2.45, 2.75) is 96.3 Å². The quantitative estimate of drug-likeness (QED) is 0.443. The van der Waals surface area contributed by atoms with Gasteiger partial charge in [0.05, 0.1) is 12.0 Å². The monoisotopic (exact) mass is 444 g/mol. The molecule has 164 valence electrons. The number of carbonyl (C=O) groups is 1. The second kappa shape index (κ2) is 9.56. The second-order valence-corrected chi connectivity index (χ2v) is 11.4. The van der Waals surface area contributed by atoms with Crippen molar-refractivity contribution < 1.29 is 9.53 Å². The molecule has 2 aliphatic carbocycles. The summed E-state index contributed by atoms with van der Waals surface area (Å²) in [5, 5.41) is 4.45. The number of rotatable bonds is 4. The van der Waals surface area contributed by atoms with Gasteiger partial charge in [-0.3, -0.25) is 4.79 Å². The second-order valence-electron chi connectivity index (χ2n) is 9.52. The number of hydrogen-bond acceptors (Lipinski definition) is 4. The molecule has 0 bridgehead atoms. The Balaban J connectivity index is 1.68. The molecule has 0 aromatic carbocycles. The normalized spacial score (nSPS) is 21.1. The molecular weight excluding hydrogens is 408 g/mol. The van der Waals surface area contributed by atoms with Gasteiger partial charge in [-0.2, -0.15) is 0 Å². The van der Waals surface area contributed by atoms with Crippen LogP contribution in [0.25, 0.3) is 9.75 Å². The number of esters is 1. The van der Waals surface area contributed by atoms with E-state index in [1.165, 1.54) is 65.8 Å². The molecule has 2 aromatic rings. The summed E-state index contributed by atoms with van der Waals surface area (Å²) in [5.41, 5.74) is 2.41. The summed E-state index contributed by atoms with van der Waals surface area (Å²) in [6.07, 6.45) is 14.3. The Kier molecular flexibility index (Phi) is 7.04. The van der Waals surface area contributed by atoms with Crippen molar-refractivity contribution in [1.29, 1.82) is 0 Å². The molecule has 0 N–H and O–H groups in total. The van der Waals surface area contributed by atoms with Gasteiger partial charge in [-0.05, 0) is 60.2 Å². The molecule has 1 saturated carbocycles. The molecule has 2 nitrogen and oxygen atoms in total. The number of hydrogen-bond donors (Lipinski definition) is 0. The molecule has 4 heteroatoms. The summed E-state index contributed by atoms with van der Waals surface area (Å²) in [7, 11) is 0. The predicted octanol–water partition coefficient (Wildman–Crippen LogP) is 8.34. The fourth-order valence-electron chi connectivity index (χ4n) is 5.88. The van der Waals surface area contributed by atoms with Crippen LogP contribution in [0.4, 0.5) is 0 Å². The summed E-state index contributed by atoms with van der Waals surface area (Å²) >= 11 is 3.71. The molecule has 0 atom stereocenters. The van der Waals surface area contributed by atoms with Crippen LogP contribution in [0.1, 0.15) is 102 Å². The van der Waals surface area contributed by atoms with Crippen LogP contribution in [0.15, 0.2) is 22.9 Å². The minimum absolute atomic E-state index is 0.0590. The molecule has 1 fully saturated rings. The minimum atomic E-state index is -0.368. The van der Waals surface area contributed by atoms with Crippen LogP contribution in [0.5, 0.6) is 0 Å². The van der Waals surface area contributed by atoms with E-state index < -0.39 is 0 Å².